The van der Waals surface area contributed by atoms with E-state index in [9.17, 15) is 24.2 Å². The number of fused-ring (bicyclic) bond motifs is 2. The summed E-state index contributed by atoms with van der Waals surface area (Å²) in [5.41, 5.74) is 2.42. The number of nitrogens with one attached hydrogen (secondary N) is 1. The Morgan fingerprint density at radius 3 is 2.52 bits per heavy atom. The number of nitrogens with two attached hydrogens (primary N) is 1. The molecule has 1 aromatic carbocycles. The molecule has 5 rings (SSSR count). The first-order valence-electron chi connectivity index (χ1n) is 14.5. The quantitative estimate of drug-likeness (QED) is 0.154. The normalized spacial score (nSPS) is 26.6. The van der Waals surface area contributed by atoms with Crippen molar-refractivity contribution in [2.75, 3.05) is 12.3 Å². The number of hydrogen-bond acceptors (Lipinski definition) is 14. The highest BCUT2D eigenvalue weighted by Crippen LogP contribution is 2.70. The molecule has 2 aromatic heterocycles. The van der Waals surface area contributed by atoms with Gasteiger partial charge in [-0.1, -0.05) is 32.0 Å². The lowest BCUT2D eigenvalue weighted by molar-refractivity contribution is -0.177. The van der Waals surface area contributed by atoms with Crippen molar-refractivity contribution in [3.63, 3.8) is 0 Å². The van der Waals surface area contributed by atoms with Crippen molar-refractivity contribution >= 4 is 37.0 Å². The van der Waals surface area contributed by atoms with Gasteiger partial charge in [0.05, 0.1) is 12.3 Å². The molecule has 1 aliphatic heterocycles. The number of hydrogen-bond donors (Lipinski definition) is 2. The molecule has 1 aliphatic carbocycles. The molecule has 1 saturated carbocycles. The Kier molecular flexibility index (Phi) is 9.05. The summed E-state index contributed by atoms with van der Waals surface area (Å²) in [4.78, 5) is 42.3. The molecule has 0 radical (unpaired) electrons. The minimum Gasteiger partial charge on any atom is -0.465 e. The highest BCUT2D eigenvalue weighted by molar-refractivity contribution is 7.52. The van der Waals surface area contributed by atoms with Crippen LogP contribution in [0.1, 0.15) is 52.3 Å². The van der Waals surface area contributed by atoms with Crippen LogP contribution < -0.4 is 15.3 Å². The molecular weight excluding hydrogens is 623 g/mol. The number of carbonyl (C=O) groups is 3. The van der Waals surface area contributed by atoms with Gasteiger partial charge in [-0.15, -0.1) is 0 Å². The molecular formula is C29H33N6O10P. The number of para-hydroxylation sites is 1. The molecule has 1 unspecified atom stereocenters. The number of aromatic nitrogens is 3. The Morgan fingerprint density at radius 2 is 1.87 bits per heavy atom. The molecule has 0 bridgehead atoms. The third kappa shape index (κ3) is 5.56. The Hall–Kier alpha value is -4.55. The van der Waals surface area contributed by atoms with Gasteiger partial charge in [-0.05, 0) is 38.1 Å². The number of nitriles is 1. The van der Waals surface area contributed by atoms with E-state index >= 15 is 0 Å². The Morgan fingerprint density at radius 1 is 1.15 bits per heavy atom. The molecule has 244 valence electrons. The molecule has 2 fully saturated rings. The van der Waals surface area contributed by atoms with Gasteiger partial charge in [-0.2, -0.15) is 15.4 Å². The van der Waals surface area contributed by atoms with E-state index in [1.54, 1.807) is 44.2 Å². The molecule has 17 heteroatoms. The molecule has 3 aromatic rings. The van der Waals surface area contributed by atoms with Gasteiger partial charge in [-0.3, -0.25) is 18.9 Å². The second-order valence-corrected chi connectivity index (χ2v) is 12.1. The van der Waals surface area contributed by atoms with Gasteiger partial charge in [0.2, 0.25) is 11.2 Å². The molecule has 3 N–H and O–H groups in total. The number of rotatable bonds is 13. The van der Waals surface area contributed by atoms with E-state index in [0.717, 1.165) is 0 Å². The third-order valence-corrected chi connectivity index (χ3v) is 9.20. The van der Waals surface area contributed by atoms with E-state index in [4.69, 9.17) is 33.7 Å². The standard InChI is InChI=1S/C29H33N6O10P/c1-5-21(36)41-24-23(19-13-14-20-25(31)32-16-33-35(19)20)43-28(15-30)27(29(24,28)42-22(37)6-2)45-46(39,34-17(4)26(38)40-7-3)44-18-11-9-8-10-12-18/h8-14,16-17,23-24,27H,5-7H2,1-4H3,(H,34,39)(H2,31,32,33)/t17-,23-,24-,27?,28+,29+,46+/m0/s1. The van der Waals surface area contributed by atoms with Crippen LogP contribution in [0.5, 0.6) is 5.75 Å². The van der Waals surface area contributed by atoms with Crippen molar-refractivity contribution in [3.05, 3.63) is 54.5 Å². The highest BCUT2D eigenvalue weighted by Gasteiger charge is 2.95. The molecule has 3 heterocycles. The maximum Gasteiger partial charge on any atom is 0.460 e. The summed E-state index contributed by atoms with van der Waals surface area (Å²) in [5, 5.41) is 17.4. The molecule has 1 saturated heterocycles. The van der Waals surface area contributed by atoms with Crippen LogP contribution in [0.25, 0.3) is 5.52 Å². The number of carbonyl (C=O) groups excluding carboxylic acids is 3. The van der Waals surface area contributed by atoms with Gasteiger partial charge in [0.25, 0.3) is 0 Å². The number of nitrogen functional groups attached to an aromatic ring is 1. The molecule has 46 heavy (non-hydrogen) atoms. The van der Waals surface area contributed by atoms with Crippen LogP contribution in [-0.4, -0.2) is 68.6 Å². The van der Waals surface area contributed by atoms with E-state index in [1.165, 1.54) is 36.8 Å². The van der Waals surface area contributed by atoms with Crippen LogP contribution in [-0.2, 0) is 42.4 Å². The zero-order valence-corrected chi connectivity index (χ0v) is 26.3. The van der Waals surface area contributed by atoms with E-state index in [0.29, 0.717) is 11.2 Å². The van der Waals surface area contributed by atoms with Crippen LogP contribution in [0.4, 0.5) is 5.82 Å². The second-order valence-electron chi connectivity index (χ2n) is 10.5. The number of esters is 3. The molecule has 0 spiro atoms. The fourth-order valence-electron chi connectivity index (χ4n) is 5.36. The van der Waals surface area contributed by atoms with Crippen LogP contribution in [0.3, 0.4) is 0 Å². The minimum absolute atomic E-state index is 0.0521. The van der Waals surface area contributed by atoms with Gasteiger partial charge >= 0.3 is 25.7 Å². The Bertz CT molecular complexity index is 1730. The summed E-state index contributed by atoms with van der Waals surface area (Å²) < 4.78 is 50.7. The smallest absolute Gasteiger partial charge is 0.460 e. The number of benzene rings is 1. The topological polar surface area (TPSA) is 216 Å². The lowest BCUT2D eigenvalue weighted by Gasteiger charge is -2.30. The monoisotopic (exact) mass is 656 g/mol. The highest BCUT2D eigenvalue weighted by atomic mass is 31.2. The fourth-order valence-corrected chi connectivity index (χ4v) is 7.08. The molecule has 16 nitrogen and oxygen atoms in total. The zero-order chi connectivity index (χ0) is 33.3. The summed E-state index contributed by atoms with van der Waals surface area (Å²) in [5.74, 6) is -2.01. The maximum atomic E-state index is 14.4. The van der Waals surface area contributed by atoms with Crippen molar-refractivity contribution in [1.82, 2.24) is 19.7 Å². The average Bonchev–Trinajstić information content (AvgIpc) is 3.29. The average molecular weight is 657 g/mol. The predicted octanol–water partition coefficient (Wildman–Crippen LogP) is 2.79. The van der Waals surface area contributed by atoms with E-state index < -0.39 is 61.2 Å². The van der Waals surface area contributed by atoms with Crippen molar-refractivity contribution in [2.45, 2.75) is 76.1 Å². The van der Waals surface area contributed by atoms with Gasteiger partial charge in [0.1, 0.15) is 35.8 Å². The van der Waals surface area contributed by atoms with Crippen LogP contribution in [0.15, 0.2) is 48.8 Å². The van der Waals surface area contributed by atoms with E-state index in [-0.39, 0.29) is 31.0 Å². The van der Waals surface area contributed by atoms with Crippen molar-refractivity contribution in [3.8, 4) is 11.8 Å². The Balaban J connectivity index is 1.61. The summed E-state index contributed by atoms with van der Waals surface area (Å²) in [6, 6.07) is 11.9. The van der Waals surface area contributed by atoms with Gasteiger partial charge in [0, 0.05) is 12.8 Å². The largest absolute Gasteiger partial charge is 0.465 e. The van der Waals surface area contributed by atoms with Crippen LogP contribution in [0.2, 0.25) is 0 Å². The SMILES string of the molecule is CCOC(=O)[C@H](C)N[P@@](=O)(Oc1ccccc1)OC1[C@@]2(C#N)O[C@@H](c3ccc4c(N)ncnn34)[C@H](OC(=O)CC)[C@@]12OC(=O)CC. The van der Waals surface area contributed by atoms with Crippen molar-refractivity contribution in [1.29, 1.82) is 5.26 Å². The van der Waals surface area contributed by atoms with Gasteiger partial charge in [-0.25, -0.2) is 14.1 Å². The lowest BCUT2D eigenvalue weighted by Crippen LogP contribution is -2.43. The number of anilines is 1. The molecule has 7 atom stereocenters. The number of nitrogens with zero attached hydrogens (tertiary/aromatic N) is 4. The van der Waals surface area contributed by atoms with Crippen LogP contribution in [0, 0.1) is 11.3 Å². The summed E-state index contributed by atoms with van der Waals surface area (Å²) in [6.07, 6.45) is -3.37. The lowest BCUT2D eigenvalue weighted by atomic mass is 10.0. The molecule has 2 aliphatic rings. The zero-order valence-electron chi connectivity index (χ0n) is 25.4. The minimum atomic E-state index is -4.62. The molecule has 0 amide bonds. The maximum absolute atomic E-state index is 14.4. The Labute approximate surface area is 263 Å². The summed E-state index contributed by atoms with van der Waals surface area (Å²) in [6.45, 7) is 6.12. The predicted molar refractivity (Wildman–Crippen MR) is 158 cm³/mol. The summed E-state index contributed by atoms with van der Waals surface area (Å²) in [7, 11) is -4.62. The third-order valence-electron chi connectivity index (χ3n) is 7.56. The van der Waals surface area contributed by atoms with Gasteiger partial charge < -0.3 is 29.2 Å². The van der Waals surface area contributed by atoms with Gasteiger partial charge in [0.15, 0.2) is 18.0 Å². The van der Waals surface area contributed by atoms with Crippen molar-refractivity contribution in [2.24, 2.45) is 0 Å². The first-order chi connectivity index (χ1) is 22.0. The van der Waals surface area contributed by atoms with E-state index in [1.807, 2.05) is 6.07 Å². The van der Waals surface area contributed by atoms with E-state index in [2.05, 4.69) is 15.2 Å². The summed E-state index contributed by atoms with van der Waals surface area (Å²) >= 11 is 0. The fraction of sp³-hybridized carbons (Fsp3) is 0.448. The first-order valence-corrected chi connectivity index (χ1v) is 16.1. The second kappa shape index (κ2) is 12.7. The first kappa shape index (κ1) is 32.8. The van der Waals surface area contributed by atoms with Crippen LogP contribution >= 0.6 is 7.75 Å². The number of ether oxygens (including phenoxy) is 4. The van der Waals surface area contributed by atoms with Crippen molar-refractivity contribution < 1.29 is 46.9 Å².